The van der Waals surface area contributed by atoms with Gasteiger partial charge in [0.1, 0.15) is 5.82 Å². The normalized spacial score (nSPS) is 18.7. The lowest BCUT2D eigenvalue weighted by atomic mass is 9.97. The minimum Gasteiger partial charge on any atom is -0.314 e. The summed E-state index contributed by atoms with van der Waals surface area (Å²) in [5.41, 5.74) is 3.90. The summed E-state index contributed by atoms with van der Waals surface area (Å²) >= 11 is 0. The van der Waals surface area contributed by atoms with E-state index >= 15 is 0 Å². The first-order chi connectivity index (χ1) is 8.83. The Balaban J connectivity index is 2.21. The van der Waals surface area contributed by atoms with E-state index in [0.29, 0.717) is 12.0 Å². The molecule has 1 fully saturated rings. The van der Waals surface area contributed by atoms with Crippen LogP contribution >= 0.6 is 0 Å². The number of aryl methyl sites for hydroxylation is 2. The number of aromatic nitrogens is 2. The van der Waals surface area contributed by atoms with Crippen molar-refractivity contribution >= 4 is 0 Å². The van der Waals surface area contributed by atoms with Crippen LogP contribution in [0.25, 0.3) is 0 Å². The molecule has 0 radical (unpaired) electrons. The van der Waals surface area contributed by atoms with Crippen LogP contribution in [-0.2, 0) is 5.41 Å². The highest BCUT2D eigenvalue weighted by Gasteiger charge is 2.42. The molecule has 0 amide bonds. The summed E-state index contributed by atoms with van der Waals surface area (Å²) in [6.07, 6.45) is 2.46. The van der Waals surface area contributed by atoms with E-state index < -0.39 is 0 Å². The van der Waals surface area contributed by atoms with Crippen LogP contribution in [0.15, 0.2) is 0 Å². The molecule has 1 unspecified atom stereocenters. The first-order valence-electron chi connectivity index (χ1n) is 7.42. The summed E-state index contributed by atoms with van der Waals surface area (Å²) in [5, 5.41) is 3.50. The van der Waals surface area contributed by atoms with Crippen LogP contribution in [0.5, 0.6) is 0 Å². The Morgan fingerprint density at radius 3 is 2.05 bits per heavy atom. The topological polar surface area (TPSA) is 37.8 Å². The van der Waals surface area contributed by atoms with Crippen molar-refractivity contribution in [3.63, 3.8) is 0 Å². The van der Waals surface area contributed by atoms with E-state index in [1.165, 1.54) is 18.4 Å². The van der Waals surface area contributed by atoms with E-state index in [-0.39, 0.29) is 5.41 Å². The molecule has 106 valence electrons. The fourth-order valence-electron chi connectivity index (χ4n) is 2.63. The SMILES string of the molecule is Cc1nc(C2(C)CC2)nc(C)c1C(C)CNC(C)C. The minimum absolute atomic E-state index is 0.257. The van der Waals surface area contributed by atoms with Gasteiger partial charge in [0.2, 0.25) is 0 Å². The summed E-state index contributed by atoms with van der Waals surface area (Å²) in [4.78, 5) is 9.55. The van der Waals surface area contributed by atoms with Gasteiger partial charge in [-0.2, -0.15) is 0 Å². The van der Waals surface area contributed by atoms with E-state index in [9.17, 15) is 0 Å². The maximum Gasteiger partial charge on any atom is 0.134 e. The average Bonchev–Trinajstić information content (AvgIpc) is 3.05. The molecule has 0 aliphatic heterocycles. The molecule has 0 spiro atoms. The molecule has 1 aliphatic carbocycles. The second-order valence-corrected chi connectivity index (χ2v) is 6.66. The maximum absolute atomic E-state index is 4.78. The summed E-state index contributed by atoms with van der Waals surface area (Å²) < 4.78 is 0. The molecular formula is C16H27N3. The van der Waals surface area contributed by atoms with Gasteiger partial charge in [0.25, 0.3) is 0 Å². The molecule has 0 saturated heterocycles. The van der Waals surface area contributed by atoms with Gasteiger partial charge in [-0.1, -0.05) is 27.7 Å². The molecule has 1 heterocycles. The van der Waals surface area contributed by atoms with E-state index in [0.717, 1.165) is 23.8 Å². The molecule has 1 atom stereocenters. The van der Waals surface area contributed by atoms with E-state index in [1.807, 2.05) is 0 Å². The lowest BCUT2D eigenvalue weighted by Gasteiger charge is -2.20. The number of hydrogen-bond donors (Lipinski definition) is 1. The van der Waals surface area contributed by atoms with Crippen LogP contribution in [-0.4, -0.2) is 22.6 Å². The summed E-state index contributed by atoms with van der Waals surface area (Å²) in [7, 11) is 0. The van der Waals surface area contributed by atoms with Crippen LogP contribution in [0.3, 0.4) is 0 Å². The molecule has 0 aromatic carbocycles. The van der Waals surface area contributed by atoms with Crippen molar-refractivity contribution in [1.29, 1.82) is 0 Å². The van der Waals surface area contributed by atoms with Gasteiger partial charge in [-0.05, 0) is 38.2 Å². The highest BCUT2D eigenvalue weighted by atomic mass is 14.9. The number of nitrogens with zero attached hydrogens (tertiary/aromatic N) is 2. The first-order valence-corrected chi connectivity index (χ1v) is 7.42. The predicted octanol–water partition coefficient (Wildman–Crippen LogP) is 3.25. The number of rotatable bonds is 5. The largest absolute Gasteiger partial charge is 0.314 e. The van der Waals surface area contributed by atoms with Crippen LogP contribution < -0.4 is 5.32 Å². The van der Waals surface area contributed by atoms with Crippen molar-refractivity contribution in [2.24, 2.45) is 0 Å². The smallest absolute Gasteiger partial charge is 0.134 e. The van der Waals surface area contributed by atoms with E-state index in [4.69, 9.17) is 9.97 Å². The van der Waals surface area contributed by atoms with Crippen molar-refractivity contribution in [2.75, 3.05) is 6.54 Å². The second-order valence-electron chi connectivity index (χ2n) is 6.66. The van der Waals surface area contributed by atoms with Crippen LogP contribution in [0.1, 0.15) is 69.2 Å². The molecule has 3 heteroatoms. The van der Waals surface area contributed by atoms with Crippen LogP contribution in [0, 0.1) is 13.8 Å². The van der Waals surface area contributed by atoms with Gasteiger partial charge >= 0.3 is 0 Å². The standard InChI is InChI=1S/C16H27N3/c1-10(2)17-9-11(3)14-12(4)18-15(19-13(14)5)16(6)7-8-16/h10-11,17H,7-9H2,1-6H3. The maximum atomic E-state index is 4.78. The summed E-state index contributed by atoms with van der Waals surface area (Å²) in [6.45, 7) is 14.1. The Bertz CT molecular complexity index is 438. The zero-order chi connectivity index (χ0) is 14.2. The van der Waals surface area contributed by atoms with Crippen LogP contribution in [0.4, 0.5) is 0 Å². The Kier molecular flexibility index (Phi) is 3.95. The molecule has 2 rings (SSSR count). The van der Waals surface area contributed by atoms with Gasteiger partial charge in [-0.15, -0.1) is 0 Å². The van der Waals surface area contributed by atoms with Crippen molar-refractivity contribution in [3.05, 3.63) is 22.8 Å². The quantitative estimate of drug-likeness (QED) is 0.884. The molecule has 1 saturated carbocycles. The van der Waals surface area contributed by atoms with Gasteiger partial charge in [0, 0.05) is 29.4 Å². The number of nitrogens with one attached hydrogen (secondary N) is 1. The molecule has 0 bridgehead atoms. The second kappa shape index (κ2) is 5.20. The fraction of sp³-hybridized carbons (Fsp3) is 0.750. The predicted molar refractivity (Wildman–Crippen MR) is 79.6 cm³/mol. The van der Waals surface area contributed by atoms with Crippen molar-refractivity contribution < 1.29 is 0 Å². The minimum atomic E-state index is 0.257. The number of hydrogen-bond acceptors (Lipinski definition) is 3. The summed E-state index contributed by atoms with van der Waals surface area (Å²) in [5.74, 6) is 1.51. The third kappa shape index (κ3) is 3.14. The van der Waals surface area contributed by atoms with E-state index in [1.54, 1.807) is 0 Å². The Morgan fingerprint density at radius 2 is 1.63 bits per heavy atom. The monoisotopic (exact) mass is 261 g/mol. The highest BCUT2D eigenvalue weighted by molar-refractivity contribution is 5.31. The fourth-order valence-corrected chi connectivity index (χ4v) is 2.63. The average molecular weight is 261 g/mol. The van der Waals surface area contributed by atoms with E-state index in [2.05, 4.69) is 46.9 Å². The molecule has 19 heavy (non-hydrogen) atoms. The summed E-state index contributed by atoms with van der Waals surface area (Å²) in [6, 6.07) is 0.522. The zero-order valence-corrected chi connectivity index (χ0v) is 13.2. The lowest BCUT2D eigenvalue weighted by Crippen LogP contribution is -2.28. The molecule has 1 aromatic heterocycles. The Labute approximate surface area is 117 Å². The molecule has 1 aromatic rings. The van der Waals surface area contributed by atoms with Gasteiger partial charge in [0.05, 0.1) is 0 Å². The third-order valence-corrected chi connectivity index (χ3v) is 4.19. The van der Waals surface area contributed by atoms with Gasteiger partial charge in [-0.25, -0.2) is 9.97 Å². The Hall–Kier alpha value is -0.960. The van der Waals surface area contributed by atoms with Crippen molar-refractivity contribution in [3.8, 4) is 0 Å². The molecular weight excluding hydrogens is 234 g/mol. The van der Waals surface area contributed by atoms with Crippen molar-refractivity contribution in [1.82, 2.24) is 15.3 Å². The molecule has 1 N–H and O–H groups in total. The van der Waals surface area contributed by atoms with Gasteiger partial charge in [0.15, 0.2) is 0 Å². The third-order valence-electron chi connectivity index (χ3n) is 4.19. The zero-order valence-electron chi connectivity index (χ0n) is 13.2. The highest BCUT2D eigenvalue weighted by Crippen LogP contribution is 2.46. The first kappa shape index (κ1) is 14.4. The Morgan fingerprint density at radius 1 is 1.11 bits per heavy atom. The van der Waals surface area contributed by atoms with Gasteiger partial charge < -0.3 is 5.32 Å². The molecule has 1 aliphatic rings. The molecule has 3 nitrogen and oxygen atoms in total. The van der Waals surface area contributed by atoms with Gasteiger partial charge in [-0.3, -0.25) is 0 Å². The lowest BCUT2D eigenvalue weighted by molar-refractivity contribution is 0.541. The van der Waals surface area contributed by atoms with Crippen molar-refractivity contribution in [2.45, 2.75) is 71.8 Å². The van der Waals surface area contributed by atoms with Crippen LogP contribution in [0.2, 0.25) is 0 Å².